The van der Waals surface area contributed by atoms with Crippen LogP contribution >= 0.6 is 22.8 Å². The van der Waals surface area contributed by atoms with Gasteiger partial charge in [0, 0.05) is 0 Å². The number of benzene rings is 3. The van der Waals surface area contributed by atoms with Gasteiger partial charge in [-0.3, -0.25) is 0 Å². The molecule has 0 saturated carbocycles. The Morgan fingerprint density at radius 2 is 0.508 bits per heavy atom. The van der Waals surface area contributed by atoms with Crippen LogP contribution in [0.5, 0.6) is 0 Å². The molecule has 326 valence electrons. The van der Waals surface area contributed by atoms with Gasteiger partial charge in [0.15, 0.2) is 0 Å². The summed E-state index contributed by atoms with van der Waals surface area (Å²) in [6, 6.07) is 19.6. The summed E-state index contributed by atoms with van der Waals surface area (Å²) in [5.74, 6) is 0. The third-order valence-electron chi connectivity index (χ3n) is 10.0. The van der Waals surface area contributed by atoms with Crippen molar-refractivity contribution in [1.82, 2.24) is 0 Å². The number of unbranched alkanes of at least 4 members (excludes halogenated alkanes) is 18. The summed E-state index contributed by atoms with van der Waals surface area (Å²) < 4.78 is 33.4. The molecule has 3 aromatic carbocycles. The number of hydrogen-bond acceptors (Lipinski definition) is 9. The molecule has 0 unspecified atom stereocenters. The number of aryl methyl sites for hydroxylation is 3. The van der Waals surface area contributed by atoms with Gasteiger partial charge in [-0.2, -0.15) is 0 Å². The van der Waals surface area contributed by atoms with Crippen molar-refractivity contribution in [2.24, 2.45) is 0 Å². The molecule has 0 aliphatic carbocycles. The van der Waals surface area contributed by atoms with Crippen LogP contribution in [0, 0.1) is 81.7 Å². The van der Waals surface area contributed by atoms with Crippen LogP contribution in [0.1, 0.15) is 172 Å². The molecule has 0 saturated heterocycles. The third-order valence-corrected chi connectivity index (χ3v) is 13.1. The molecule has 0 aliphatic heterocycles. The zero-order chi connectivity index (χ0) is 42.4. The second-order valence-corrected chi connectivity index (χ2v) is 19.4. The molecule has 2 radical (unpaired) electrons. The largest absolute Gasteiger partial charge is 3.00 e. The molecule has 0 bridgehead atoms. The van der Waals surface area contributed by atoms with Crippen LogP contribution < -0.4 is 45.3 Å². The standard InChI is InChI=1S/3C15H25O3P.2Nd/c3*1-2-3-4-5-6-7-8-11-14-12-9-10-13-15(14)19(16,17)18;;/h3*9-10,12-13H,2-8,11H2,1H3,(H2,16,17,18);;/q;;;2*+3/p-6. The van der Waals surface area contributed by atoms with Crippen molar-refractivity contribution >= 4 is 38.7 Å². The third kappa shape index (κ3) is 30.6. The summed E-state index contributed by atoms with van der Waals surface area (Å²) in [5.41, 5.74) is 2.01. The van der Waals surface area contributed by atoms with E-state index >= 15 is 0 Å². The first-order valence-electron chi connectivity index (χ1n) is 21.5. The maximum absolute atomic E-state index is 11.1. The first-order valence-corrected chi connectivity index (χ1v) is 26.1. The normalized spacial score (nSPS) is 11.3. The molecule has 0 N–H and O–H groups in total. The van der Waals surface area contributed by atoms with E-state index in [0.29, 0.717) is 36.0 Å². The van der Waals surface area contributed by atoms with Gasteiger partial charge in [-0.1, -0.05) is 209 Å². The summed E-state index contributed by atoms with van der Waals surface area (Å²) in [7, 11) is -13.9. The fourth-order valence-corrected chi connectivity index (χ4v) is 9.21. The molecular formula is C45H69Nd2O9P3. The number of hydrogen-bond donors (Lipinski definition) is 0. The summed E-state index contributed by atoms with van der Waals surface area (Å²) >= 11 is 0. The van der Waals surface area contributed by atoms with Crippen molar-refractivity contribution in [3.63, 3.8) is 0 Å². The molecule has 0 fully saturated rings. The van der Waals surface area contributed by atoms with Gasteiger partial charge < -0.3 is 43.1 Å². The Morgan fingerprint density at radius 1 is 0.322 bits per heavy atom. The van der Waals surface area contributed by atoms with Crippen LogP contribution in [0.3, 0.4) is 0 Å². The Bertz CT molecular complexity index is 1440. The van der Waals surface area contributed by atoms with Gasteiger partial charge >= 0.3 is 81.7 Å². The quantitative estimate of drug-likeness (QED) is 0.0548. The zero-order valence-corrected chi connectivity index (χ0v) is 45.0. The molecule has 14 heteroatoms. The molecule has 0 spiro atoms. The van der Waals surface area contributed by atoms with Gasteiger partial charge in [0.25, 0.3) is 0 Å². The van der Waals surface area contributed by atoms with Gasteiger partial charge in [-0.25, -0.2) is 0 Å². The van der Waals surface area contributed by atoms with E-state index in [-0.39, 0.29) is 97.6 Å². The fraction of sp³-hybridized carbons (Fsp3) is 0.600. The van der Waals surface area contributed by atoms with Crippen molar-refractivity contribution < 1.29 is 125 Å². The summed E-state index contributed by atoms with van der Waals surface area (Å²) in [5, 5.41) is -0.0806. The van der Waals surface area contributed by atoms with E-state index in [0.717, 1.165) is 38.5 Å². The molecular weight excluding hydrogens is 1070 g/mol. The Kier molecular flexibility index (Phi) is 38.9. The Labute approximate surface area is 423 Å². The van der Waals surface area contributed by atoms with E-state index in [1.54, 1.807) is 54.6 Å². The van der Waals surface area contributed by atoms with Gasteiger partial charge in [-0.05, 0) is 93.9 Å². The average molecular weight is 1140 g/mol. The molecule has 0 aliphatic rings. The van der Waals surface area contributed by atoms with Crippen LogP contribution in [0.2, 0.25) is 0 Å². The maximum Gasteiger partial charge on any atom is 3.00 e. The van der Waals surface area contributed by atoms with Crippen molar-refractivity contribution in [2.75, 3.05) is 0 Å². The molecule has 3 rings (SSSR count). The van der Waals surface area contributed by atoms with E-state index < -0.39 is 22.8 Å². The van der Waals surface area contributed by atoms with Gasteiger partial charge in [0.1, 0.15) is 0 Å². The van der Waals surface area contributed by atoms with Crippen molar-refractivity contribution in [3.05, 3.63) is 89.5 Å². The molecule has 9 nitrogen and oxygen atoms in total. The zero-order valence-electron chi connectivity index (χ0n) is 35.9. The monoisotopic (exact) mass is 1130 g/mol. The summed E-state index contributed by atoms with van der Waals surface area (Å²) in [4.78, 5) is 66.8. The molecule has 59 heavy (non-hydrogen) atoms. The van der Waals surface area contributed by atoms with Crippen LogP contribution in [-0.4, -0.2) is 0 Å². The first-order chi connectivity index (χ1) is 27.2. The minimum absolute atomic E-state index is 0. The molecule has 0 heterocycles. The van der Waals surface area contributed by atoms with Crippen molar-refractivity contribution in [3.8, 4) is 0 Å². The van der Waals surface area contributed by atoms with Crippen LogP contribution in [0.4, 0.5) is 0 Å². The second-order valence-electron chi connectivity index (χ2n) is 15.0. The van der Waals surface area contributed by atoms with Gasteiger partial charge in [0.2, 0.25) is 0 Å². The first kappa shape index (κ1) is 61.9. The minimum atomic E-state index is -4.63. The molecule has 0 aromatic heterocycles. The second kappa shape index (κ2) is 37.1. The van der Waals surface area contributed by atoms with Gasteiger partial charge in [0.05, 0.1) is 0 Å². The Balaban J connectivity index is 0. The Morgan fingerprint density at radius 3 is 0.712 bits per heavy atom. The smallest absolute Gasteiger partial charge is 0.807 e. The van der Waals surface area contributed by atoms with E-state index in [2.05, 4.69) is 20.8 Å². The van der Waals surface area contributed by atoms with Crippen LogP contribution in [-0.2, 0) is 33.0 Å². The minimum Gasteiger partial charge on any atom is -0.807 e. The van der Waals surface area contributed by atoms with E-state index in [9.17, 15) is 43.1 Å². The molecule has 0 amide bonds. The van der Waals surface area contributed by atoms with E-state index in [1.807, 2.05) is 0 Å². The topological polar surface area (TPSA) is 190 Å². The number of rotatable bonds is 27. The average Bonchev–Trinajstić information content (AvgIpc) is 3.17. The summed E-state index contributed by atoms with van der Waals surface area (Å²) in [6.45, 7) is 6.59. The molecule has 3 aromatic rings. The maximum atomic E-state index is 11.1. The van der Waals surface area contributed by atoms with Gasteiger partial charge in [-0.15, -0.1) is 0 Å². The molecule has 0 atom stereocenters. The predicted octanol–water partition coefficient (Wildman–Crippen LogP) is 7.56. The fourth-order valence-electron chi connectivity index (χ4n) is 6.79. The van der Waals surface area contributed by atoms with E-state index in [4.69, 9.17) is 0 Å². The Hall–Kier alpha value is 0.811. The van der Waals surface area contributed by atoms with Crippen LogP contribution in [0.25, 0.3) is 0 Å². The van der Waals surface area contributed by atoms with E-state index in [1.165, 1.54) is 115 Å². The summed E-state index contributed by atoms with van der Waals surface area (Å²) in [6.07, 6.45) is 26.9. The van der Waals surface area contributed by atoms with Crippen LogP contribution in [0.15, 0.2) is 72.8 Å². The predicted molar refractivity (Wildman–Crippen MR) is 226 cm³/mol. The van der Waals surface area contributed by atoms with Crippen molar-refractivity contribution in [2.45, 2.75) is 175 Å². The van der Waals surface area contributed by atoms with Crippen molar-refractivity contribution in [1.29, 1.82) is 0 Å². The SMILES string of the molecule is CCCCCCCCCc1ccccc1P(=O)([O-])[O-].CCCCCCCCCc1ccccc1P(=O)([O-])[O-].CCCCCCCCCc1ccccc1P(=O)([O-])[O-].[Nd+3].[Nd+3].